The van der Waals surface area contributed by atoms with Crippen molar-refractivity contribution in [3.63, 3.8) is 0 Å². The predicted molar refractivity (Wildman–Crippen MR) is 87.3 cm³/mol. The summed E-state index contributed by atoms with van der Waals surface area (Å²) in [7, 11) is 1.52. The minimum absolute atomic E-state index is 0.000779. The van der Waals surface area contributed by atoms with E-state index in [1.165, 1.54) is 7.11 Å². The number of carbonyl (C=O) groups is 2. The normalized spacial score (nSPS) is 25.0. The molecule has 1 aliphatic heterocycles. The summed E-state index contributed by atoms with van der Waals surface area (Å²) in [5.74, 6) is -0.886. The monoisotopic (exact) mass is 385 g/mol. The summed E-state index contributed by atoms with van der Waals surface area (Å²) in [5.41, 5.74) is 0.456. The fraction of sp³-hybridized carbons (Fsp3) is 0.500. The van der Waals surface area contributed by atoms with Gasteiger partial charge in [-0.3, -0.25) is 4.79 Å². The van der Waals surface area contributed by atoms with Crippen LogP contribution in [-0.4, -0.2) is 36.3 Å². The second-order valence-electron chi connectivity index (χ2n) is 5.75. The molecule has 2 rings (SSSR count). The second-order valence-corrected chi connectivity index (χ2v) is 6.61. The Balaban J connectivity index is 2.17. The third-order valence-corrected chi connectivity index (χ3v) is 4.52. The van der Waals surface area contributed by atoms with E-state index >= 15 is 0 Å². The Morgan fingerprint density at radius 2 is 2.13 bits per heavy atom. The van der Waals surface area contributed by atoms with Crippen LogP contribution >= 0.6 is 15.9 Å². The molecule has 1 amide bonds. The lowest BCUT2D eigenvalue weighted by molar-refractivity contribution is -0.144. The van der Waals surface area contributed by atoms with Crippen LogP contribution in [0.1, 0.15) is 31.9 Å². The molecule has 0 bridgehead atoms. The minimum atomic E-state index is -1.14. The van der Waals surface area contributed by atoms with E-state index in [2.05, 4.69) is 21.2 Å². The van der Waals surface area contributed by atoms with Crippen LogP contribution in [0.15, 0.2) is 22.7 Å². The lowest BCUT2D eigenvalue weighted by atomic mass is 10.0. The van der Waals surface area contributed by atoms with Crippen molar-refractivity contribution in [2.45, 2.75) is 38.5 Å². The lowest BCUT2D eigenvalue weighted by Crippen LogP contribution is -2.42. The molecule has 1 aromatic carbocycles. The van der Waals surface area contributed by atoms with Gasteiger partial charge >= 0.3 is 5.97 Å². The zero-order chi connectivity index (χ0) is 17.1. The van der Waals surface area contributed by atoms with Gasteiger partial charge < -0.3 is 19.9 Å². The molecule has 7 heteroatoms. The standard InChI is InChI=1S/C16H20BrNO5/c1-8-6-9(2)23-14(8)15(19)18-13(16(20)21)10-4-5-12(22-3)11(17)7-10/h4-5,7-9,13-14H,6H2,1-3H3,(H,18,19)(H,20,21). The Kier molecular flexibility index (Phi) is 5.64. The van der Waals surface area contributed by atoms with Gasteiger partial charge in [-0.2, -0.15) is 0 Å². The first-order valence-electron chi connectivity index (χ1n) is 7.35. The third-order valence-electron chi connectivity index (χ3n) is 3.90. The van der Waals surface area contributed by atoms with Crippen molar-refractivity contribution in [3.05, 3.63) is 28.2 Å². The van der Waals surface area contributed by atoms with Crippen LogP contribution in [0.5, 0.6) is 5.75 Å². The second kappa shape index (κ2) is 7.31. The maximum atomic E-state index is 12.4. The van der Waals surface area contributed by atoms with Crippen molar-refractivity contribution in [2.75, 3.05) is 7.11 Å². The van der Waals surface area contributed by atoms with Crippen LogP contribution in [0.2, 0.25) is 0 Å². The molecule has 0 aromatic heterocycles. The molecule has 0 radical (unpaired) electrons. The van der Waals surface area contributed by atoms with Crippen molar-refractivity contribution in [1.29, 1.82) is 0 Å². The van der Waals surface area contributed by atoms with E-state index in [0.717, 1.165) is 6.42 Å². The van der Waals surface area contributed by atoms with Gasteiger partial charge in [0.1, 0.15) is 11.9 Å². The van der Waals surface area contributed by atoms with E-state index in [1.807, 2.05) is 13.8 Å². The Morgan fingerprint density at radius 1 is 1.43 bits per heavy atom. The molecule has 2 N–H and O–H groups in total. The third kappa shape index (κ3) is 4.03. The zero-order valence-corrected chi connectivity index (χ0v) is 14.8. The molecule has 1 heterocycles. The van der Waals surface area contributed by atoms with E-state index < -0.39 is 24.0 Å². The van der Waals surface area contributed by atoms with Crippen LogP contribution in [0.3, 0.4) is 0 Å². The number of ether oxygens (including phenoxy) is 2. The van der Waals surface area contributed by atoms with Gasteiger partial charge in [-0.05, 0) is 52.9 Å². The maximum Gasteiger partial charge on any atom is 0.330 e. The van der Waals surface area contributed by atoms with Gasteiger partial charge in [0.25, 0.3) is 0 Å². The molecule has 0 spiro atoms. The average Bonchev–Trinajstić information content (AvgIpc) is 2.83. The molecular weight excluding hydrogens is 366 g/mol. The molecule has 4 unspecified atom stereocenters. The number of carbonyl (C=O) groups excluding carboxylic acids is 1. The number of rotatable bonds is 5. The quantitative estimate of drug-likeness (QED) is 0.813. The smallest absolute Gasteiger partial charge is 0.330 e. The molecule has 1 fully saturated rings. The Labute approximate surface area is 143 Å². The summed E-state index contributed by atoms with van der Waals surface area (Å²) < 4.78 is 11.3. The fourth-order valence-electron chi connectivity index (χ4n) is 2.78. The minimum Gasteiger partial charge on any atom is -0.496 e. The molecule has 0 saturated carbocycles. The summed E-state index contributed by atoms with van der Waals surface area (Å²) in [4.78, 5) is 23.9. The fourth-order valence-corrected chi connectivity index (χ4v) is 3.34. The van der Waals surface area contributed by atoms with Gasteiger partial charge in [0.05, 0.1) is 17.7 Å². The first-order chi connectivity index (χ1) is 10.8. The topological polar surface area (TPSA) is 84.9 Å². The number of methoxy groups -OCH3 is 1. The number of hydrogen-bond donors (Lipinski definition) is 2. The molecule has 126 valence electrons. The van der Waals surface area contributed by atoms with E-state index in [-0.39, 0.29) is 12.0 Å². The highest BCUT2D eigenvalue weighted by Crippen LogP contribution is 2.29. The maximum absolute atomic E-state index is 12.4. The summed E-state index contributed by atoms with van der Waals surface area (Å²) in [6.45, 7) is 3.83. The van der Waals surface area contributed by atoms with Crippen LogP contribution in [0.4, 0.5) is 0 Å². The number of carboxylic acids is 1. The van der Waals surface area contributed by atoms with Crippen molar-refractivity contribution in [3.8, 4) is 5.75 Å². The highest BCUT2D eigenvalue weighted by Gasteiger charge is 2.37. The first-order valence-corrected chi connectivity index (χ1v) is 8.14. The summed E-state index contributed by atoms with van der Waals surface area (Å²) in [6.07, 6.45) is 0.164. The molecule has 0 aliphatic carbocycles. The van der Waals surface area contributed by atoms with E-state index in [1.54, 1.807) is 18.2 Å². The van der Waals surface area contributed by atoms with Crippen molar-refractivity contribution >= 4 is 27.8 Å². The van der Waals surface area contributed by atoms with Gasteiger partial charge in [-0.25, -0.2) is 4.79 Å². The number of amides is 1. The lowest BCUT2D eigenvalue weighted by Gasteiger charge is -2.20. The number of halogens is 1. The van der Waals surface area contributed by atoms with Crippen LogP contribution in [0.25, 0.3) is 0 Å². The number of benzene rings is 1. The molecule has 23 heavy (non-hydrogen) atoms. The van der Waals surface area contributed by atoms with Crippen LogP contribution in [0, 0.1) is 5.92 Å². The highest BCUT2D eigenvalue weighted by atomic mass is 79.9. The average molecular weight is 386 g/mol. The molecule has 1 saturated heterocycles. The van der Waals surface area contributed by atoms with Gasteiger partial charge in [0.2, 0.25) is 5.91 Å². The van der Waals surface area contributed by atoms with Crippen molar-refractivity contribution < 1.29 is 24.2 Å². The van der Waals surface area contributed by atoms with Gasteiger partial charge in [0, 0.05) is 0 Å². The van der Waals surface area contributed by atoms with Gasteiger partial charge in [0.15, 0.2) is 6.04 Å². The Hall–Kier alpha value is -1.60. The predicted octanol–water partition coefficient (Wildman–Crippen LogP) is 2.51. The number of aliphatic carboxylic acids is 1. The molecule has 1 aromatic rings. The zero-order valence-electron chi connectivity index (χ0n) is 13.2. The largest absolute Gasteiger partial charge is 0.496 e. The van der Waals surface area contributed by atoms with E-state index in [9.17, 15) is 14.7 Å². The summed E-state index contributed by atoms with van der Waals surface area (Å²) in [6, 6.07) is 3.75. The van der Waals surface area contributed by atoms with E-state index in [4.69, 9.17) is 9.47 Å². The van der Waals surface area contributed by atoms with E-state index in [0.29, 0.717) is 15.8 Å². The summed E-state index contributed by atoms with van der Waals surface area (Å²) >= 11 is 3.32. The highest BCUT2D eigenvalue weighted by molar-refractivity contribution is 9.10. The molecule has 6 nitrogen and oxygen atoms in total. The Bertz CT molecular complexity index is 606. The van der Waals surface area contributed by atoms with Crippen LogP contribution in [-0.2, 0) is 14.3 Å². The van der Waals surface area contributed by atoms with Gasteiger partial charge in [-0.15, -0.1) is 0 Å². The number of carboxylic acid groups (broad SMARTS) is 1. The van der Waals surface area contributed by atoms with Crippen LogP contribution < -0.4 is 10.1 Å². The number of nitrogens with one attached hydrogen (secondary N) is 1. The van der Waals surface area contributed by atoms with Gasteiger partial charge in [-0.1, -0.05) is 13.0 Å². The molecular formula is C16H20BrNO5. The van der Waals surface area contributed by atoms with Crippen molar-refractivity contribution in [2.24, 2.45) is 5.92 Å². The van der Waals surface area contributed by atoms with Crippen molar-refractivity contribution in [1.82, 2.24) is 5.32 Å². The number of hydrogen-bond acceptors (Lipinski definition) is 4. The first kappa shape index (κ1) is 17.7. The molecule has 1 aliphatic rings. The SMILES string of the molecule is COc1ccc(C(NC(=O)C2OC(C)CC2C)C(=O)O)cc1Br. The Morgan fingerprint density at radius 3 is 2.61 bits per heavy atom. The summed E-state index contributed by atoms with van der Waals surface area (Å²) in [5, 5.41) is 12.0. The molecule has 4 atom stereocenters.